The third kappa shape index (κ3) is 3.00. The van der Waals surface area contributed by atoms with Crippen molar-refractivity contribution < 1.29 is 4.39 Å². The zero-order valence-electron chi connectivity index (χ0n) is 11.8. The number of rotatable bonds is 3. The minimum absolute atomic E-state index is 0.319. The Balaban J connectivity index is 1.83. The Morgan fingerprint density at radius 2 is 2.00 bits per heavy atom. The normalized spacial score (nSPS) is 11.2. The second kappa shape index (κ2) is 5.37. The van der Waals surface area contributed by atoms with E-state index in [4.69, 9.17) is 5.73 Å². The van der Waals surface area contributed by atoms with Crippen molar-refractivity contribution in [1.29, 1.82) is 0 Å². The molecule has 0 unspecified atom stereocenters. The van der Waals surface area contributed by atoms with Gasteiger partial charge in [0.1, 0.15) is 5.82 Å². The molecule has 0 bridgehead atoms. The minimum atomic E-state index is -0.319. The van der Waals surface area contributed by atoms with Crippen LogP contribution >= 0.6 is 11.8 Å². The maximum atomic E-state index is 13.3. The van der Waals surface area contributed by atoms with Gasteiger partial charge in [0.05, 0.1) is 5.69 Å². The van der Waals surface area contributed by atoms with Crippen molar-refractivity contribution in [3.8, 4) is 0 Å². The highest BCUT2D eigenvalue weighted by Crippen LogP contribution is 2.25. The lowest BCUT2D eigenvalue weighted by molar-refractivity contribution is 0.625. The van der Waals surface area contributed by atoms with Gasteiger partial charge in [-0.25, -0.2) is 14.4 Å². The molecule has 0 fully saturated rings. The summed E-state index contributed by atoms with van der Waals surface area (Å²) in [4.78, 5) is 9.70. The van der Waals surface area contributed by atoms with Crippen LogP contribution in [0.5, 0.6) is 0 Å². The van der Waals surface area contributed by atoms with Gasteiger partial charge in [-0.05, 0) is 38.1 Å². The Kier molecular flexibility index (Phi) is 3.55. The number of thioether (sulfide) groups is 1. The summed E-state index contributed by atoms with van der Waals surface area (Å²) >= 11 is 1.50. The summed E-state index contributed by atoms with van der Waals surface area (Å²) in [7, 11) is 0. The number of hydrogen-bond acceptors (Lipinski definition) is 4. The highest BCUT2D eigenvalue weighted by molar-refractivity contribution is 7.98. The molecule has 0 radical (unpaired) electrons. The molecule has 3 rings (SSSR count). The van der Waals surface area contributed by atoms with Crippen LogP contribution in [0.3, 0.4) is 0 Å². The third-order valence-corrected chi connectivity index (χ3v) is 4.10. The number of nitrogen functional groups attached to an aromatic ring is 1. The van der Waals surface area contributed by atoms with Crippen molar-refractivity contribution in [2.24, 2.45) is 0 Å². The number of fused-ring (bicyclic) bond motifs is 1. The Labute approximate surface area is 126 Å². The molecular weight excluding hydrogens is 287 g/mol. The molecule has 0 saturated heterocycles. The average molecular weight is 302 g/mol. The van der Waals surface area contributed by atoms with E-state index in [9.17, 15) is 4.39 Å². The van der Waals surface area contributed by atoms with Gasteiger partial charge >= 0.3 is 0 Å². The van der Waals surface area contributed by atoms with Crippen molar-refractivity contribution in [3.63, 3.8) is 0 Å². The number of aryl methyl sites for hydroxylation is 2. The quantitative estimate of drug-likeness (QED) is 0.595. The fraction of sp³-hybridized carbons (Fsp3) is 0.200. The van der Waals surface area contributed by atoms with Crippen molar-refractivity contribution in [3.05, 3.63) is 53.4 Å². The van der Waals surface area contributed by atoms with E-state index < -0.39 is 0 Å². The van der Waals surface area contributed by atoms with Crippen LogP contribution < -0.4 is 5.73 Å². The summed E-state index contributed by atoms with van der Waals surface area (Å²) in [6.07, 6.45) is 1.97. The van der Waals surface area contributed by atoms with Crippen LogP contribution in [0.15, 0.2) is 35.4 Å². The number of hydrogen-bond donors (Lipinski definition) is 1. The molecule has 0 spiro atoms. The molecule has 0 aliphatic rings. The first kappa shape index (κ1) is 13.9. The van der Waals surface area contributed by atoms with E-state index in [1.54, 1.807) is 6.07 Å². The lowest BCUT2D eigenvalue weighted by Crippen LogP contribution is -1.94. The number of halogens is 1. The monoisotopic (exact) mass is 302 g/mol. The number of benzene rings is 1. The first-order chi connectivity index (χ1) is 10.0. The van der Waals surface area contributed by atoms with Crippen molar-refractivity contribution in [2.75, 3.05) is 5.73 Å². The fourth-order valence-corrected chi connectivity index (χ4v) is 3.08. The lowest BCUT2D eigenvalue weighted by Gasteiger charge is -2.01. The standard InChI is InChI=1S/C15H15FN4S/c1-9-3-10(2)20-7-13(19-15(20)18-9)8-21-14-5-11(16)4-12(17)6-14/h3-7H,8,17H2,1-2H3. The van der Waals surface area contributed by atoms with Crippen LogP contribution in [-0.2, 0) is 5.75 Å². The molecular formula is C15H15FN4S. The maximum absolute atomic E-state index is 13.3. The van der Waals surface area contributed by atoms with E-state index in [0.29, 0.717) is 17.2 Å². The van der Waals surface area contributed by atoms with E-state index in [-0.39, 0.29) is 5.82 Å². The van der Waals surface area contributed by atoms with Crippen molar-refractivity contribution >= 4 is 23.2 Å². The molecule has 21 heavy (non-hydrogen) atoms. The molecule has 2 N–H and O–H groups in total. The Hall–Kier alpha value is -2.08. The van der Waals surface area contributed by atoms with Crippen molar-refractivity contribution in [1.82, 2.24) is 14.4 Å². The van der Waals surface area contributed by atoms with Crippen LogP contribution in [0, 0.1) is 19.7 Å². The third-order valence-electron chi connectivity index (χ3n) is 3.09. The summed E-state index contributed by atoms with van der Waals surface area (Å²) in [6, 6.07) is 6.56. The van der Waals surface area contributed by atoms with Gasteiger partial charge in [-0.1, -0.05) is 0 Å². The van der Waals surface area contributed by atoms with Crippen LogP contribution in [0.25, 0.3) is 5.78 Å². The first-order valence-corrected chi connectivity index (χ1v) is 7.51. The molecule has 1 aromatic carbocycles. The van der Waals surface area contributed by atoms with Gasteiger partial charge in [0, 0.05) is 33.9 Å². The topological polar surface area (TPSA) is 56.2 Å². The number of imidazole rings is 1. The Morgan fingerprint density at radius 1 is 1.19 bits per heavy atom. The molecule has 0 saturated carbocycles. The van der Waals surface area contributed by atoms with E-state index in [2.05, 4.69) is 9.97 Å². The van der Waals surface area contributed by atoms with E-state index >= 15 is 0 Å². The lowest BCUT2D eigenvalue weighted by atomic mass is 10.3. The van der Waals surface area contributed by atoms with Crippen LogP contribution in [-0.4, -0.2) is 14.4 Å². The molecule has 3 aromatic rings. The predicted octanol–water partition coefficient (Wildman–Crippen LogP) is 3.36. The molecule has 4 nitrogen and oxygen atoms in total. The van der Waals surface area contributed by atoms with Gasteiger partial charge < -0.3 is 5.73 Å². The SMILES string of the molecule is Cc1cc(C)n2cc(CSc3cc(N)cc(F)c3)nc2n1. The molecule has 6 heteroatoms. The molecule has 0 aliphatic heterocycles. The van der Waals surface area contributed by atoms with E-state index in [0.717, 1.165) is 22.0 Å². The predicted molar refractivity (Wildman–Crippen MR) is 82.8 cm³/mol. The van der Waals surface area contributed by atoms with Gasteiger partial charge in [0.25, 0.3) is 0 Å². The molecule has 2 aromatic heterocycles. The molecule has 108 valence electrons. The van der Waals surface area contributed by atoms with Crippen LogP contribution in [0.4, 0.5) is 10.1 Å². The summed E-state index contributed by atoms with van der Waals surface area (Å²) in [5.41, 5.74) is 9.02. The fourth-order valence-electron chi connectivity index (χ4n) is 2.21. The highest BCUT2D eigenvalue weighted by atomic mass is 32.2. The smallest absolute Gasteiger partial charge is 0.234 e. The number of anilines is 1. The number of aromatic nitrogens is 3. The zero-order valence-corrected chi connectivity index (χ0v) is 12.6. The van der Waals surface area contributed by atoms with E-state index in [1.165, 1.54) is 23.9 Å². The van der Waals surface area contributed by atoms with Crippen LogP contribution in [0.2, 0.25) is 0 Å². The summed E-state index contributed by atoms with van der Waals surface area (Å²) in [5, 5.41) is 0. The Bertz CT molecular complexity index is 793. The summed E-state index contributed by atoms with van der Waals surface area (Å²) < 4.78 is 15.3. The first-order valence-electron chi connectivity index (χ1n) is 6.52. The molecule has 0 atom stereocenters. The molecule has 0 aliphatic carbocycles. The maximum Gasteiger partial charge on any atom is 0.234 e. The second-order valence-corrected chi connectivity index (χ2v) is 6.00. The number of nitrogens with two attached hydrogens (primary N) is 1. The van der Waals surface area contributed by atoms with Crippen molar-refractivity contribution in [2.45, 2.75) is 24.5 Å². The van der Waals surface area contributed by atoms with E-state index in [1.807, 2.05) is 30.5 Å². The summed E-state index contributed by atoms with van der Waals surface area (Å²) in [6.45, 7) is 3.97. The second-order valence-electron chi connectivity index (χ2n) is 4.95. The van der Waals surface area contributed by atoms with Gasteiger partial charge in [-0.2, -0.15) is 0 Å². The van der Waals surface area contributed by atoms with Gasteiger partial charge in [-0.3, -0.25) is 4.40 Å². The van der Waals surface area contributed by atoms with Gasteiger partial charge in [0.15, 0.2) is 0 Å². The largest absolute Gasteiger partial charge is 0.399 e. The van der Waals surface area contributed by atoms with Crippen LogP contribution in [0.1, 0.15) is 17.1 Å². The molecule has 2 heterocycles. The summed E-state index contributed by atoms with van der Waals surface area (Å²) in [5.74, 6) is 1.02. The average Bonchev–Trinajstić information content (AvgIpc) is 2.78. The number of nitrogens with zero attached hydrogens (tertiary/aromatic N) is 3. The van der Waals surface area contributed by atoms with Gasteiger partial charge in [0.2, 0.25) is 5.78 Å². The van der Waals surface area contributed by atoms with Gasteiger partial charge in [-0.15, -0.1) is 11.8 Å². The highest BCUT2D eigenvalue weighted by Gasteiger charge is 2.07. The Morgan fingerprint density at radius 3 is 2.76 bits per heavy atom. The zero-order chi connectivity index (χ0) is 15.0. The molecule has 0 amide bonds. The minimum Gasteiger partial charge on any atom is -0.399 e.